The standard InChI is InChI=1S/C16H23NO/c18-16(15-9-3-1-4-10-15)11-5-2-6-12-17-13-7-8-14-17/h1,3-4,9-10H,2,5-8,11-14H2. The van der Waals surface area contributed by atoms with Crippen LogP contribution in [0.2, 0.25) is 0 Å². The number of rotatable bonds is 7. The number of nitrogens with zero attached hydrogens (tertiary/aromatic N) is 1. The Morgan fingerprint density at radius 3 is 2.44 bits per heavy atom. The average molecular weight is 245 g/mol. The van der Waals surface area contributed by atoms with Crippen LogP contribution < -0.4 is 0 Å². The predicted octanol–water partition coefficient (Wildman–Crippen LogP) is 3.53. The van der Waals surface area contributed by atoms with E-state index in [4.69, 9.17) is 0 Å². The number of unbranched alkanes of at least 4 members (excludes halogenated alkanes) is 2. The molecule has 1 aliphatic heterocycles. The molecule has 2 nitrogen and oxygen atoms in total. The molecular formula is C16H23NO. The van der Waals surface area contributed by atoms with Gasteiger partial charge in [0.2, 0.25) is 0 Å². The van der Waals surface area contributed by atoms with Crippen molar-refractivity contribution in [1.82, 2.24) is 4.90 Å². The summed E-state index contributed by atoms with van der Waals surface area (Å²) < 4.78 is 0. The Bertz CT molecular complexity index is 355. The first-order chi connectivity index (χ1) is 8.86. The zero-order valence-corrected chi connectivity index (χ0v) is 11.1. The summed E-state index contributed by atoms with van der Waals surface area (Å²) in [6, 6.07) is 9.63. The molecule has 0 N–H and O–H groups in total. The van der Waals surface area contributed by atoms with Crippen LogP contribution >= 0.6 is 0 Å². The van der Waals surface area contributed by atoms with Crippen LogP contribution in [-0.4, -0.2) is 30.3 Å². The molecule has 0 amide bonds. The summed E-state index contributed by atoms with van der Waals surface area (Å²) in [6.45, 7) is 3.78. The first-order valence-electron chi connectivity index (χ1n) is 7.17. The molecule has 1 saturated heterocycles. The van der Waals surface area contributed by atoms with Gasteiger partial charge in [0.05, 0.1) is 0 Å². The Hall–Kier alpha value is -1.15. The Balaban J connectivity index is 1.56. The van der Waals surface area contributed by atoms with Gasteiger partial charge in [0.25, 0.3) is 0 Å². The number of Topliss-reactive ketones (excluding diaryl/α,β-unsaturated/α-hetero) is 1. The lowest BCUT2D eigenvalue weighted by molar-refractivity contribution is 0.0979. The van der Waals surface area contributed by atoms with E-state index >= 15 is 0 Å². The van der Waals surface area contributed by atoms with Crippen molar-refractivity contribution in [1.29, 1.82) is 0 Å². The Labute approximate surface area is 110 Å². The molecule has 0 atom stereocenters. The monoisotopic (exact) mass is 245 g/mol. The molecule has 0 saturated carbocycles. The van der Waals surface area contributed by atoms with Crippen LogP contribution in [0, 0.1) is 0 Å². The predicted molar refractivity (Wildman–Crippen MR) is 74.9 cm³/mol. The molecule has 98 valence electrons. The second kappa shape index (κ2) is 7.32. The van der Waals surface area contributed by atoms with E-state index < -0.39 is 0 Å². The number of carbonyl (C=O) groups is 1. The van der Waals surface area contributed by atoms with E-state index in [1.54, 1.807) is 0 Å². The molecule has 1 aromatic rings. The fraction of sp³-hybridized carbons (Fsp3) is 0.562. The number of benzene rings is 1. The summed E-state index contributed by atoms with van der Waals surface area (Å²) in [6.07, 6.45) is 6.88. The molecular weight excluding hydrogens is 222 g/mol. The molecule has 2 rings (SSSR count). The number of hydrogen-bond acceptors (Lipinski definition) is 2. The topological polar surface area (TPSA) is 20.3 Å². The van der Waals surface area contributed by atoms with Crippen LogP contribution in [0.4, 0.5) is 0 Å². The minimum Gasteiger partial charge on any atom is -0.303 e. The molecule has 1 heterocycles. The van der Waals surface area contributed by atoms with Crippen LogP contribution in [0.15, 0.2) is 30.3 Å². The zero-order valence-electron chi connectivity index (χ0n) is 11.1. The highest BCUT2D eigenvalue weighted by atomic mass is 16.1. The molecule has 0 aromatic heterocycles. The maximum Gasteiger partial charge on any atom is 0.162 e. The van der Waals surface area contributed by atoms with Crippen LogP contribution in [0.25, 0.3) is 0 Å². The van der Waals surface area contributed by atoms with Gasteiger partial charge in [-0.2, -0.15) is 0 Å². The second-order valence-electron chi connectivity index (χ2n) is 5.15. The van der Waals surface area contributed by atoms with Crippen molar-refractivity contribution in [3.8, 4) is 0 Å². The molecule has 0 spiro atoms. The van der Waals surface area contributed by atoms with Crippen molar-refractivity contribution in [3.05, 3.63) is 35.9 Å². The summed E-state index contributed by atoms with van der Waals surface area (Å²) >= 11 is 0. The van der Waals surface area contributed by atoms with E-state index in [0.29, 0.717) is 6.42 Å². The van der Waals surface area contributed by atoms with Crippen molar-refractivity contribution in [2.75, 3.05) is 19.6 Å². The van der Waals surface area contributed by atoms with Gasteiger partial charge in [0.1, 0.15) is 0 Å². The van der Waals surface area contributed by atoms with Crippen molar-refractivity contribution >= 4 is 5.78 Å². The van der Waals surface area contributed by atoms with Crippen molar-refractivity contribution in [2.45, 2.75) is 38.5 Å². The summed E-state index contributed by atoms with van der Waals surface area (Å²) in [7, 11) is 0. The zero-order chi connectivity index (χ0) is 12.6. The third kappa shape index (κ3) is 4.26. The lowest BCUT2D eigenvalue weighted by Crippen LogP contribution is -2.20. The van der Waals surface area contributed by atoms with Gasteiger partial charge >= 0.3 is 0 Å². The van der Waals surface area contributed by atoms with Crippen LogP contribution in [0.5, 0.6) is 0 Å². The highest BCUT2D eigenvalue weighted by Crippen LogP contribution is 2.11. The van der Waals surface area contributed by atoms with Crippen molar-refractivity contribution < 1.29 is 4.79 Å². The Morgan fingerprint density at radius 1 is 1.00 bits per heavy atom. The van der Waals surface area contributed by atoms with Crippen LogP contribution in [-0.2, 0) is 0 Å². The van der Waals surface area contributed by atoms with Crippen molar-refractivity contribution in [3.63, 3.8) is 0 Å². The molecule has 1 aromatic carbocycles. The van der Waals surface area contributed by atoms with Crippen molar-refractivity contribution in [2.24, 2.45) is 0 Å². The Morgan fingerprint density at radius 2 is 1.72 bits per heavy atom. The summed E-state index contributed by atoms with van der Waals surface area (Å²) in [5.41, 5.74) is 0.858. The van der Waals surface area contributed by atoms with E-state index in [1.165, 1.54) is 45.3 Å². The minimum atomic E-state index is 0.289. The molecule has 2 heteroatoms. The SMILES string of the molecule is O=C(CCCCCN1CCCC1)c1ccccc1. The van der Waals surface area contributed by atoms with Gasteiger partial charge < -0.3 is 4.90 Å². The van der Waals surface area contributed by atoms with E-state index in [2.05, 4.69) is 4.90 Å². The highest BCUT2D eigenvalue weighted by Gasteiger charge is 2.10. The van der Waals surface area contributed by atoms with E-state index in [9.17, 15) is 4.79 Å². The van der Waals surface area contributed by atoms with E-state index in [0.717, 1.165) is 12.0 Å². The largest absolute Gasteiger partial charge is 0.303 e. The molecule has 0 radical (unpaired) electrons. The van der Waals surface area contributed by atoms with Gasteiger partial charge in [0, 0.05) is 12.0 Å². The van der Waals surface area contributed by atoms with Gasteiger partial charge in [-0.1, -0.05) is 36.8 Å². The number of carbonyl (C=O) groups excluding carboxylic acids is 1. The molecule has 0 aliphatic carbocycles. The second-order valence-corrected chi connectivity index (χ2v) is 5.15. The highest BCUT2D eigenvalue weighted by molar-refractivity contribution is 5.95. The van der Waals surface area contributed by atoms with Gasteiger partial charge in [-0.05, 0) is 45.3 Å². The molecule has 1 aliphatic rings. The number of hydrogen-bond donors (Lipinski definition) is 0. The number of likely N-dealkylation sites (tertiary alicyclic amines) is 1. The smallest absolute Gasteiger partial charge is 0.162 e. The first-order valence-corrected chi connectivity index (χ1v) is 7.17. The quantitative estimate of drug-likeness (QED) is 0.541. The van der Waals surface area contributed by atoms with Gasteiger partial charge in [-0.3, -0.25) is 4.79 Å². The average Bonchev–Trinajstić information content (AvgIpc) is 2.92. The fourth-order valence-electron chi connectivity index (χ4n) is 2.57. The minimum absolute atomic E-state index is 0.289. The van der Waals surface area contributed by atoms with Crippen LogP contribution in [0.3, 0.4) is 0 Å². The lowest BCUT2D eigenvalue weighted by atomic mass is 10.0. The maximum atomic E-state index is 11.9. The molecule has 0 bridgehead atoms. The van der Waals surface area contributed by atoms with Gasteiger partial charge in [-0.15, -0.1) is 0 Å². The maximum absolute atomic E-state index is 11.9. The van der Waals surface area contributed by atoms with E-state index in [-0.39, 0.29) is 5.78 Å². The Kier molecular flexibility index (Phi) is 5.40. The van der Waals surface area contributed by atoms with Gasteiger partial charge in [-0.25, -0.2) is 0 Å². The third-order valence-electron chi connectivity index (χ3n) is 3.67. The fourth-order valence-corrected chi connectivity index (χ4v) is 2.57. The first kappa shape index (κ1) is 13.3. The van der Waals surface area contributed by atoms with Crippen LogP contribution in [0.1, 0.15) is 48.9 Å². The van der Waals surface area contributed by atoms with E-state index in [1.807, 2.05) is 30.3 Å². The molecule has 0 unspecified atom stereocenters. The summed E-state index contributed by atoms with van der Waals surface area (Å²) in [4.78, 5) is 14.4. The molecule has 18 heavy (non-hydrogen) atoms. The summed E-state index contributed by atoms with van der Waals surface area (Å²) in [5, 5.41) is 0. The number of ketones is 1. The summed E-state index contributed by atoms with van der Waals surface area (Å²) in [5.74, 6) is 0.289. The third-order valence-corrected chi connectivity index (χ3v) is 3.67. The lowest BCUT2D eigenvalue weighted by Gasteiger charge is -2.13. The normalized spacial score (nSPS) is 16.0. The van der Waals surface area contributed by atoms with Gasteiger partial charge in [0.15, 0.2) is 5.78 Å². The molecule has 1 fully saturated rings.